The summed E-state index contributed by atoms with van der Waals surface area (Å²) < 4.78 is 0.948. The van der Waals surface area contributed by atoms with E-state index < -0.39 is 0 Å². The largest absolute Gasteiger partial charge is 0.310 e. The maximum atomic E-state index is 5.98. The van der Waals surface area contributed by atoms with Gasteiger partial charge in [-0.25, -0.2) is 0 Å². The Balaban J connectivity index is 1.86. The number of hydrogen-bond acceptors (Lipinski definition) is 1. The fraction of sp³-hybridized carbons (Fsp3) is 0.250. The maximum absolute atomic E-state index is 5.98. The Hall–Kier alpha value is -0.830. The summed E-state index contributed by atoms with van der Waals surface area (Å²) in [6.45, 7) is 3.06. The monoisotopic (exact) mass is 337 g/mol. The predicted octanol–water partition coefficient (Wildman–Crippen LogP) is 4.82. The maximum Gasteiger partial charge on any atom is 0.0548 e. The Morgan fingerprint density at radius 3 is 2.53 bits per heavy atom. The molecule has 0 heterocycles. The lowest BCUT2D eigenvalue weighted by Gasteiger charge is -2.14. The normalized spacial score (nSPS) is 12.4. The molecule has 0 saturated carbocycles. The molecule has 0 aliphatic rings. The fourth-order valence-electron chi connectivity index (χ4n) is 1.98. The topological polar surface area (TPSA) is 12.0 Å². The summed E-state index contributed by atoms with van der Waals surface area (Å²) in [5.74, 6) is 0. The molecule has 0 fully saturated rings. The van der Waals surface area contributed by atoms with Gasteiger partial charge in [-0.1, -0.05) is 48.0 Å². The van der Waals surface area contributed by atoms with Crippen molar-refractivity contribution in [3.05, 3.63) is 69.2 Å². The van der Waals surface area contributed by atoms with E-state index in [1.807, 2.05) is 12.1 Å². The van der Waals surface area contributed by atoms with Crippen LogP contribution in [0.15, 0.2) is 53.0 Å². The summed E-state index contributed by atoms with van der Waals surface area (Å²) in [6, 6.07) is 17.0. The molecule has 1 nitrogen and oxygen atoms in total. The van der Waals surface area contributed by atoms with Crippen LogP contribution in [0.25, 0.3) is 0 Å². The predicted molar refractivity (Wildman–Crippen MR) is 85.6 cm³/mol. The van der Waals surface area contributed by atoms with Gasteiger partial charge >= 0.3 is 0 Å². The Bertz CT molecular complexity index is 528. The molecule has 0 amide bonds. The van der Waals surface area contributed by atoms with Crippen LogP contribution in [0.4, 0.5) is 0 Å². The van der Waals surface area contributed by atoms with Gasteiger partial charge in [-0.2, -0.15) is 0 Å². The number of halogens is 2. The van der Waals surface area contributed by atoms with E-state index in [2.05, 4.69) is 64.6 Å². The first-order valence-corrected chi connectivity index (χ1v) is 7.53. The Morgan fingerprint density at radius 2 is 1.84 bits per heavy atom. The molecule has 0 bridgehead atoms. The number of hydrogen-bond donors (Lipinski definition) is 1. The standard InChI is InChI=1S/C16H17BrClN/c1-12(9-13-5-3-2-4-6-13)19-11-14-7-8-16(18)15(17)10-14/h2-8,10,12,19H,9,11H2,1H3. The van der Waals surface area contributed by atoms with Crippen molar-refractivity contribution in [2.75, 3.05) is 0 Å². The lowest BCUT2D eigenvalue weighted by Crippen LogP contribution is -2.27. The van der Waals surface area contributed by atoms with Gasteiger partial charge in [-0.3, -0.25) is 0 Å². The van der Waals surface area contributed by atoms with Crippen LogP contribution in [0.5, 0.6) is 0 Å². The number of benzene rings is 2. The van der Waals surface area contributed by atoms with Gasteiger partial charge in [0.1, 0.15) is 0 Å². The van der Waals surface area contributed by atoms with Gasteiger partial charge in [0.25, 0.3) is 0 Å². The van der Waals surface area contributed by atoms with E-state index in [-0.39, 0.29) is 0 Å². The van der Waals surface area contributed by atoms with Gasteiger partial charge < -0.3 is 5.32 Å². The highest BCUT2D eigenvalue weighted by molar-refractivity contribution is 9.10. The second-order valence-corrected chi connectivity index (χ2v) is 5.98. The molecule has 0 radical (unpaired) electrons. The Kier molecular flexibility index (Phi) is 5.44. The van der Waals surface area contributed by atoms with Crippen LogP contribution in [0.3, 0.4) is 0 Å². The summed E-state index contributed by atoms with van der Waals surface area (Å²) in [7, 11) is 0. The molecule has 1 N–H and O–H groups in total. The molecule has 0 aliphatic carbocycles. The first kappa shape index (κ1) is 14.6. The van der Waals surface area contributed by atoms with Gasteiger partial charge in [0.2, 0.25) is 0 Å². The van der Waals surface area contributed by atoms with Gasteiger partial charge in [0, 0.05) is 17.1 Å². The molecule has 1 atom stereocenters. The van der Waals surface area contributed by atoms with E-state index in [1.165, 1.54) is 11.1 Å². The molecular formula is C16H17BrClN. The molecule has 1 unspecified atom stereocenters. The molecule has 2 aromatic rings. The van der Waals surface area contributed by atoms with Gasteiger partial charge in [0.15, 0.2) is 0 Å². The highest BCUT2D eigenvalue weighted by Crippen LogP contribution is 2.23. The zero-order valence-electron chi connectivity index (χ0n) is 10.9. The minimum Gasteiger partial charge on any atom is -0.310 e. The first-order chi connectivity index (χ1) is 9.15. The van der Waals surface area contributed by atoms with Crippen molar-refractivity contribution in [2.24, 2.45) is 0 Å². The molecule has 2 rings (SSSR count). The van der Waals surface area contributed by atoms with Crippen molar-refractivity contribution >= 4 is 27.5 Å². The van der Waals surface area contributed by atoms with Crippen molar-refractivity contribution in [2.45, 2.75) is 25.9 Å². The average molecular weight is 339 g/mol. The molecule has 19 heavy (non-hydrogen) atoms. The van der Waals surface area contributed by atoms with Crippen LogP contribution in [0, 0.1) is 0 Å². The molecule has 3 heteroatoms. The van der Waals surface area contributed by atoms with E-state index in [9.17, 15) is 0 Å². The molecule has 0 spiro atoms. The summed E-state index contributed by atoms with van der Waals surface area (Å²) >= 11 is 9.43. The summed E-state index contributed by atoms with van der Waals surface area (Å²) in [6.07, 6.45) is 1.04. The SMILES string of the molecule is CC(Cc1ccccc1)NCc1ccc(Cl)c(Br)c1. The average Bonchev–Trinajstić information content (AvgIpc) is 2.41. The summed E-state index contributed by atoms with van der Waals surface area (Å²) in [5, 5.41) is 4.28. The third-order valence-electron chi connectivity index (χ3n) is 3.02. The van der Waals surface area contributed by atoms with Gasteiger partial charge in [-0.05, 0) is 52.5 Å². The molecule has 0 saturated heterocycles. The third-order valence-corrected chi connectivity index (χ3v) is 4.24. The molecule has 100 valence electrons. The van der Waals surface area contributed by atoms with E-state index in [1.54, 1.807) is 0 Å². The van der Waals surface area contributed by atoms with Gasteiger partial charge in [0.05, 0.1) is 5.02 Å². The Morgan fingerprint density at radius 1 is 1.11 bits per heavy atom. The third kappa shape index (κ3) is 4.64. The van der Waals surface area contributed by atoms with E-state index in [4.69, 9.17) is 11.6 Å². The first-order valence-electron chi connectivity index (χ1n) is 6.36. The molecule has 0 aliphatic heterocycles. The van der Waals surface area contributed by atoms with Gasteiger partial charge in [-0.15, -0.1) is 0 Å². The van der Waals surface area contributed by atoms with Crippen molar-refractivity contribution in [1.82, 2.24) is 5.32 Å². The molecule has 2 aromatic carbocycles. The zero-order valence-corrected chi connectivity index (χ0v) is 13.2. The minimum absolute atomic E-state index is 0.442. The number of rotatable bonds is 5. The summed E-state index contributed by atoms with van der Waals surface area (Å²) in [5.41, 5.74) is 2.59. The summed E-state index contributed by atoms with van der Waals surface area (Å²) in [4.78, 5) is 0. The second kappa shape index (κ2) is 7.09. The quantitative estimate of drug-likeness (QED) is 0.824. The molecule has 0 aromatic heterocycles. The van der Waals surface area contributed by atoms with E-state index in [0.29, 0.717) is 6.04 Å². The van der Waals surface area contributed by atoms with Crippen molar-refractivity contribution in [1.29, 1.82) is 0 Å². The van der Waals surface area contributed by atoms with Crippen molar-refractivity contribution in [3.8, 4) is 0 Å². The van der Waals surface area contributed by atoms with Crippen LogP contribution >= 0.6 is 27.5 Å². The smallest absolute Gasteiger partial charge is 0.0548 e. The highest BCUT2D eigenvalue weighted by Gasteiger charge is 2.04. The highest BCUT2D eigenvalue weighted by atomic mass is 79.9. The van der Waals surface area contributed by atoms with Crippen LogP contribution < -0.4 is 5.32 Å². The fourth-order valence-corrected chi connectivity index (χ4v) is 2.53. The zero-order chi connectivity index (χ0) is 13.7. The van der Waals surface area contributed by atoms with Crippen LogP contribution in [-0.2, 0) is 13.0 Å². The minimum atomic E-state index is 0.442. The van der Waals surface area contributed by atoms with E-state index >= 15 is 0 Å². The van der Waals surface area contributed by atoms with Crippen molar-refractivity contribution in [3.63, 3.8) is 0 Å². The Labute approximate surface area is 128 Å². The van der Waals surface area contributed by atoms with Crippen LogP contribution in [0.2, 0.25) is 5.02 Å². The second-order valence-electron chi connectivity index (χ2n) is 4.72. The molecular weight excluding hydrogens is 322 g/mol. The van der Waals surface area contributed by atoms with Crippen LogP contribution in [-0.4, -0.2) is 6.04 Å². The lowest BCUT2D eigenvalue weighted by atomic mass is 10.1. The lowest BCUT2D eigenvalue weighted by molar-refractivity contribution is 0.545. The number of nitrogens with one attached hydrogen (secondary N) is 1. The van der Waals surface area contributed by atoms with E-state index in [0.717, 1.165) is 22.5 Å². The van der Waals surface area contributed by atoms with Crippen molar-refractivity contribution < 1.29 is 0 Å². The van der Waals surface area contributed by atoms with Crippen LogP contribution in [0.1, 0.15) is 18.1 Å².